The molecule has 226 valence electrons. The largest absolute Gasteiger partial charge is 0.462 e. The van der Waals surface area contributed by atoms with E-state index in [1.165, 1.54) is 50.2 Å². The standard InChI is InChI=1S/C39H51ClO2/c1-27(12-11-17-32(29-13-7-5-8-14-29)30-15-9-6-10-16-30)34-18-19-35-33-21-25-39(40)26-31(42-28(2)41)20-24-38(39,4)36(33)22-23-37(34,35)3/h5-11,13-17,27,31-36H,12,18-26H2,1-4H3/t27-,31-,33-,34+,35+,36+,37+,38+,39-/m0/s1. The van der Waals surface area contributed by atoms with E-state index in [0.29, 0.717) is 23.2 Å². The minimum absolute atomic E-state index is 0.00775. The van der Waals surface area contributed by atoms with Crippen molar-refractivity contribution in [3.63, 3.8) is 0 Å². The Kier molecular flexibility index (Phi) is 8.42. The van der Waals surface area contributed by atoms with E-state index in [2.05, 4.69) is 93.6 Å². The molecule has 3 heteroatoms. The molecule has 0 heterocycles. The number of ether oxygens (including phenoxy) is 1. The predicted molar refractivity (Wildman–Crippen MR) is 174 cm³/mol. The number of carbonyl (C=O) groups excluding carboxylic acids is 1. The van der Waals surface area contributed by atoms with Gasteiger partial charge in [0.25, 0.3) is 0 Å². The van der Waals surface area contributed by atoms with Crippen molar-refractivity contribution < 1.29 is 9.53 Å². The molecule has 0 amide bonds. The van der Waals surface area contributed by atoms with Crippen molar-refractivity contribution in [2.24, 2.45) is 40.4 Å². The van der Waals surface area contributed by atoms with Crippen LogP contribution in [-0.4, -0.2) is 16.9 Å². The van der Waals surface area contributed by atoms with Crippen LogP contribution >= 0.6 is 11.6 Å². The first-order valence-corrected chi connectivity index (χ1v) is 17.1. The van der Waals surface area contributed by atoms with Crippen LogP contribution in [0.1, 0.15) is 109 Å². The highest BCUT2D eigenvalue weighted by atomic mass is 35.5. The van der Waals surface area contributed by atoms with E-state index in [1.807, 2.05) is 0 Å². The van der Waals surface area contributed by atoms with Crippen LogP contribution in [0.5, 0.6) is 0 Å². The molecule has 0 spiro atoms. The molecule has 0 aliphatic heterocycles. The minimum Gasteiger partial charge on any atom is -0.462 e. The monoisotopic (exact) mass is 586 g/mol. The van der Waals surface area contributed by atoms with Crippen molar-refractivity contribution in [2.45, 2.75) is 109 Å². The summed E-state index contributed by atoms with van der Waals surface area (Å²) in [4.78, 5) is 11.5. The quantitative estimate of drug-likeness (QED) is 0.183. The Hall–Kier alpha value is -2.06. The van der Waals surface area contributed by atoms with Crippen molar-refractivity contribution in [3.05, 3.63) is 83.9 Å². The van der Waals surface area contributed by atoms with E-state index in [-0.39, 0.29) is 22.4 Å². The maximum atomic E-state index is 11.7. The normalized spacial score (nSPS) is 38.5. The summed E-state index contributed by atoms with van der Waals surface area (Å²) in [6.07, 6.45) is 16.7. The van der Waals surface area contributed by atoms with Gasteiger partial charge in [-0.15, -0.1) is 11.6 Å². The molecule has 0 N–H and O–H groups in total. The second kappa shape index (κ2) is 11.8. The summed E-state index contributed by atoms with van der Waals surface area (Å²) in [6, 6.07) is 21.9. The van der Waals surface area contributed by atoms with Crippen LogP contribution in [0.25, 0.3) is 0 Å². The number of halogens is 1. The zero-order chi connectivity index (χ0) is 29.5. The molecule has 6 rings (SSSR count). The topological polar surface area (TPSA) is 26.3 Å². The van der Waals surface area contributed by atoms with E-state index in [4.69, 9.17) is 16.3 Å². The van der Waals surface area contributed by atoms with E-state index in [0.717, 1.165) is 49.9 Å². The minimum atomic E-state index is -0.232. The average molecular weight is 587 g/mol. The molecule has 0 unspecified atom stereocenters. The Morgan fingerprint density at radius 2 is 1.57 bits per heavy atom. The van der Waals surface area contributed by atoms with Crippen LogP contribution in [0, 0.1) is 40.4 Å². The van der Waals surface area contributed by atoms with Gasteiger partial charge in [-0.25, -0.2) is 0 Å². The van der Waals surface area contributed by atoms with Crippen LogP contribution < -0.4 is 0 Å². The molecule has 42 heavy (non-hydrogen) atoms. The lowest BCUT2D eigenvalue weighted by Gasteiger charge is -2.64. The molecule has 9 atom stereocenters. The van der Waals surface area contributed by atoms with Crippen LogP contribution in [-0.2, 0) is 9.53 Å². The van der Waals surface area contributed by atoms with Crippen molar-refractivity contribution >= 4 is 17.6 Å². The van der Waals surface area contributed by atoms with Gasteiger partial charge in [0.05, 0.1) is 4.87 Å². The fourth-order valence-electron chi connectivity index (χ4n) is 10.8. The number of alkyl halides is 1. The zero-order valence-electron chi connectivity index (χ0n) is 26.2. The van der Waals surface area contributed by atoms with Crippen LogP contribution in [0.3, 0.4) is 0 Å². The SMILES string of the molecule is CC(=O)O[C@H]1CC[C@]2(C)[C@@H]3CC[C@@]4(C)[C@H](CC[C@@H]4[C@@H](C)CC=CC(c4ccccc4)c4ccccc4)[C@@H]3CC[C@]2(Cl)C1. The molecule has 2 aromatic carbocycles. The summed E-state index contributed by atoms with van der Waals surface area (Å²) in [7, 11) is 0. The molecule has 0 saturated heterocycles. The zero-order valence-corrected chi connectivity index (χ0v) is 27.0. The first kappa shape index (κ1) is 30.0. The number of hydrogen-bond acceptors (Lipinski definition) is 2. The first-order valence-electron chi connectivity index (χ1n) is 16.8. The fraction of sp³-hybridized carbons (Fsp3) is 0.615. The molecule has 2 nitrogen and oxygen atoms in total. The number of benzene rings is 2. The van der Waals surface area contributed by atoms with Gasteiger partial charge in [-0.1, -0.05) is 93.6 Å². The fourth-order valence-corrected chi connectivity index (χ4v) is 11.3. The third-order valence-electron chi connectivity index (χ3n) is 12.9. The van der Waals surface area contributed by atoms with Gasteiger partial charge in [0.2, 0.25) is 0 Å². The van der Waals surface area contributed by atoms with Crippen LogP contribution in [0.2, 0.25) is 0 Å². The molecule has 0 aromatic heterocycles. The van der Waals surface area contributed by atoms with Gasteiger partial charge in [0.1, 0.15) is 6.10 Å². The molecule has 0 radical (unpaired) electrons. The predicted octanol–water partition coefficient (Wildman–Crippen LogP) is 10.4. The summed E-state index contributed by atoms with van der Waals surface area (Å²) >= 11 is 7.55. The Balaban J connectivity index is 1.15. The smallest absolute Gasteiger partial charge is 0.302 e. The number of allylic oxidation sites excluding steroid dienone is 2. The maximum absolute atomic E-state index is 11.7. The van der Waals surface area contributed by atoms with E-state index >= 15 is 0 Å². The van der Waals surface area contributed by atoms with Crippen LogP contribution in [0.4, 0.5) is 0 Å². The van der Waals surface area contributed by atoms with Crippen molar-refractivity contribution in [3.8, 4) is 0 Å². The summed E-state index contributed by atoms with van der Waals surface area (Å²) < 4.78 is 5.68. The highest BCUT2D eigenvalue weighted by molar-refractivity contribution is 6.24. The Bertz CT molecular complexity index is 1220. The molecule has 4 fully saturated rings. The third-order valence-corrected chi connectivity index (χ3v) is 13.7. The van der Waals surface area contributed by atoms with Gasteiger partial charge in [-0.3, -0.25) is 4.79 Å². The van der Waals surface area contributed by atoms with E-state index in [1.54, 1.807) is 0 Å². The Morgan fingerprint density at radius 1 is 0.905 bits per heavy atom. The lowest BCUT2D eigenvalue weighted by Crippen LogP contribution is -2.60. The van der Waals surface area contributed by atoms with Gasteiger partial charge in [-0.2, -0.15) is 0 Å². The molecule has 0 bridgehead atoms. The second-order valence-electron chi connectivity index (χ2n) is 14.9. The molecule has 4 saturated carbocycles. The van der Waals surface area contributed by atoms with Gasteiger partial charge in [-0.05, 0) is 109 Å². The summed E-state index contributed by atoms with van der Waals surface area (Å²) in [6.45, 7) is 9.22. The van der Waals surface area contributed by atoms with Gasteiger partial charge < -0.3 is 4.74 Å². The van der Waals surface area contributed by atoms with Gasteiger partial charge >= 0.3 is 5.97 Å². The van der Waals surface area contributed by atoms with Gasteiger partial charge in [0.15, 0.2) is 0 Å². The average Bonchev–Trinajstić information content (AvgIpc) is 3.34. The van der Waals surface area contributed by atoms with E-state index < -0.39 is 0 Å². The molecule has 4 aliphatic rings. The molecule has 2 aromatic rings. The Morgan fingerprint density at radius 3 is 2.21 bits per heavy atom. The van der Waals surface area contributed by atoms with E-state index in [9.17, 15) is 4.79 Å². The molecular formula is C39H51ClO2. The summed E-state index contributed by atoms with van der Waals surface area (Å²) in [5.41, 5.74) is 3.31. The van der Waals surface area contributed by atoms with Crippen molar-refractivity contribution in [1.82, 2.24) is 0 Å². The van der Waals surface area contributed by atoms with Gasteiger partial charge in [0, 0.05) is 19.3 Å². The first-order chi connectivity index (χ1) is 20.1. The Labute approximate surface area is 259 Å². The third kappa shape index (κ3) is 5.29. The number of rotatable bonds is 7. The van der Waals surface area contributed by atoms with Crippen LogP contribution in [0.15, 0.2) is 72.8 Å². The molecular weight excluding hydrogens is 536 g/mol. The highest BCUT2D eigenvalue weighted by Crippen LogP contribution is 2.70. The summed E-state index contributed by atoms with van der Waals surface area (Å²) in [5.74, 6) is 3.92. The molecule has 4 aliphatic carbocycles. The maximum Gasteiger partial charge on any atom is 0.302 e. The number of carbonyl (C=O) groups is 1. The summed E-state index contributed by atoms with van der Waals surface area (Å²) in [5, 5.41) is 0. The lowest BCUT2D eigenvalue weighted by molar-refractivity contribution is -0.157. The number of fused-ring (bicyclic) bond motifs is 5. The van der Waals surface area contributed by atoms with Crippen molar-refractivity contribution in [2.75, 3.05) is 0 Å². The second-order valence-corrected chi connectivity index (χ2v) is 15.7. The highest BCUT2D eigenvalue weighted by Gasteiger charge is 2.64. The number of esters is 1. The number of hydrogen-bond donors (Lipinski definition) is 0. The van der Waals surface area contributed by atoms with Crippen molar-refractivity contribution in [1.29, 1.82) is 0 Å². The lowest BCUT2D eigenvalue weighted by atomic mass is 9.44.